The topological polar surface area (TPSA) is 61.8 Å². The highest BCUT2D eigenvalue weighted by Gasteiger charge is 2.35. The molecule has 1 aromatic rings. The van der Waals surface area contributed by atoms with Crippen molar-refractivity contribution in [3.05, 3.63) is 24.3 Å². The third-order valence-corrected chi connectivity index (χ3v) is 1.69. The normalized spacial score (nSPS) is 25.2. The van der Waals surface area contributed by atoms with Gasteiger partial charge in [-0.3, -0.25) is 4.84 Å². The van der Waals surface area contributed by atoms with E-state index in [1.165, 1.54) is 0 Å². The highest BCUT2D eigenvalue weighted by Crippen LogP contribution is 2.16. The first kappa shape index (κ1) is 8.10. The van der Waals surface area contributed by atoms with E-state index in [9.17, 15) is 0 Å². The maximum atomic E-state index is 8.47. The van der Waals surface area contributed by atoms with E-state index < -0.39 is 0 Å². The van der Waals surface area contributed by atoms with Crippen LogP contribution < -0.4 is 0 Å². The molecule has 2 unspecified atom stereocenters. The van der Waals surface area contributed by atoms with Crippen LogP contribution >= 0.6 is 0 Å². The summed E-state index contributed by atoms with van der Waals surface area (Å²) in [6.07, 6.45) is 3.32. The van der Waals surface area contributed by atoms with Crippen molar-refractivity contribution in [2.75, 3.05) is 6.54 Å². The van der Waals surface area contributed by atoms with Gasteiger partial charge in [-0.1, -0.05) is 0 Å². The largest absolute Gasteiger partial charge is 0.289 e. The van der Waals surface area contributed by atoms with E-state index in [2.05, 4.69) is 16.0 Å². The molecule has 2 rings (SSSR count). The average Bonchev–Trinajstić information content (AvgIpc) is 2.95. The molecular formula is C8H8N4O. The van der Waals surface area contributed by atoms with Crippen molar-refractivity contribution in [2.45, 2.75) is 12.6 Å². The molecule has 5 nitrogen and oxygen atoms in total. The fraction of sp³-hybridized carbons (Fsp3) is 0.375. The van der Waals surface area contributed by atoms with Crippen LogP contribution in [0.15, 0.2) is 18.5 Å². The van der Waals surface area contributed by atoms with Gasteiger partial charge in [0.05, 0.1) is 12.6 Å². The molecule has 5 heteroatoms. The SMILES string of the molecule is N#CC1CN1OCc1ncccn1. The molecule has 2 atom stereocenters. The van der Waals surface area contributed by atoms with Crippen molar-refractivity contribution in [3.63, 3.8) is 0 Å². The van der Waals surface area contributed by atoms with Gasteiger partial charge in [0, 0.05) is 12.4 Å². The fourth-order valence-electron chi connectivity index (χ4n) is 0.916. The van der Waals surface area contributed by atoms with Crippen molar-refractivity contribution in [3.8, 4) is 6.07 Å². The Kier molecular flexibility index (Phi) is 2.17. The predicted molar refractivity (Wildman–Crippen MR) is 42.9 cm³/mol. The van der Waals surface area contributed by atoms with Crippen LogP contribution in [0, 0.1) is 11.3 Å². The van der Waals surface area contributed by atoms with Crippen LogP contribution in [-0.2, 0) is 11.4 Å². The van der Waals surface area contributed by atoms with Crippen LogP contribution in [0.1, 0.15) is 5.82 Å². The second-order valence-corrected chi connectivity index (χ2v) is 2.68. The smallest absolute Gasteiger partial charge is 0.155 e. The van der Waals surface area contributed by atoms with Gasteiger partial charge < -0.3 is 0 Å². The molecule has 0 amide bonds. The van der Waals surface area contributed by atoms with Gasteiger partial charge in [-0.25, -0.2) is 9.97 Å². The van der Waals surface area contributed by atoms with Crippen molar-refractivity contribution in [1.82, 2.24) is 15.0 Å². The van der Waals surface area contributed by atoms with Crippen LogP contribution in [-0.4, -0.2) is 27.6 Å². The molecule has 66 valence electrons. The summed E-state index contributed by atoms with van der Waals surface area (Å²) < 4.78 is 0. The Hall–Kier alpha value is -1.51. The summed E-state index contributed by atoms with van der Waals surface area (Å²) in [5, 5.41) is 10.1. The molecule has 1 fully saturated rings. The molecule has 0 saturated carbocycles. The molecule has 0 bridgehead atoms. The third-order valence-electron chi connectivity index (χ3n) is 1.69. The molecular weight excluding hydrogens is 168 g/mol. The number of rotatable bonds is 3. The minimum Gasteiger partial charge on any atom is -0.289 e. The fourth-order valence-corrected chi connectivity index (χ4v) is 0.916. The monoisotopic (exact) mass is 176 g/mol. The number of nitrogens with zero attached hydrogens (tertiary/aromatic N) is 4. The summed E-state index contributed by atoms with van der Waals surface area (Å²) in [5.74, 6) is 0.631. The Morgan fingerprint density at radius 1 is 1.62 bits per heavy atom. The first-order valence-corrected chi connectivity index (χ1v) is 3.95. The van der Waals surface area contributed by atoms with Crippen LogP contribution in [0.25, 0.3) is 0 Å². The van der Waals surface area contributed by atoms with Gasteiger partial charge in [0.25, 0.3) is 0 Å². The van der Waals surface area contributed by atoms with E-state index in [1.807, 2.05) is 0 Å². The lowest BCUT2D eigenvalue weighted by Gasteiger charge is -2.00. The lowest BCUT2D eigenvalue weighted by atomic mass is 10.6. The standard InChI is InChI=1S/C8H8N4O/c9-4-7-5-12(7)13-6-8-10-2-1-3-11-8/h1-3,7H,5-6H2. The second kappa shape index (κ2) is 3.47. The van der Waals surface area contributed by atoms with E-state index >= 15 is 0 Å². The Balaban J connectivity index is 1.79. The summed E-state index contributed by atoms with van der Waals surface area (Å²) in [6, 6.07) is 3.75. The summed E-state index contributed by atoms with van der Waals surface area (Å²) >= 11 is 0. The van der Waals surface area contributed by atoms with Crippen molar-refractivity contribution >= 4 is 0 Å². The molecule has 1 saturated heterocycles. The van der Waals surface area contributed by atoms with E-state index in [0.717, 1.165) is 0 Å². The molecule has 1 aliphatic rings. The summed E-state index contributed by atoms with van der Waals surface area (Å²) in [6.45, 7) is 1.02. The number of aromatic nitrogens is 2. The average molecular weight is 176 g/mol. The zero-order chi connectivity index (χ0) is 9.10. The molecule has 13 heavy (non-hydrogen) atoms. The third kappa shape index (κ3) is 1.99. The van der Waals surface area contributed by atoms with Gasteiger partial charge in [-0.15, -0.1) is 0 Å². The Bertz CT molecular complexity index is 321. The van der Waals surface area contributed by atoms with Gasteiger partial charge in [0.2, 0.25) is 0 Å². The maximum absolute atomic E-state index is 8.47. The molecule has 0 N–H and O–H groups in total. The predicted octanol–water partition coefficient (Wildman–Crippen LogP) is 0.116. The van der Waals surface area contributed by atoms with Gasteiger partial charge >= 0.3 is 0 Å². The number of hydrogen-bond donors (Lipinski definition) is 0. The zero-order valence-electron chi connectivity index (χ0n) is 6.92. The second-order valence-electron chi connectivity index (χ2n) is 2.68. The van der Waals surface area contributed by atoms with Crippen LogP contribution in [0.5, 0.6) is 0 Å². The van der Waals surface area contributed by atoms with Crippen molar-refractivity contribution in [2.24, 2.45) is 0 Å². The lowest BCUT2D eigenvalue weighted by molar-refractivity contribution is -0.0853. The van der Waals surface area contributed by atoms with Crippen LogP contribution in [0.3, 0.4) is 0 Å². The quantitative estimate of drug-likeness (QED) is 0.612. The summed E-state index contributed by atoms with van der Waals surface area (Å²) in [7, 11) is 0. The highest BCUT2D eigenvalue weighted by molar-refractivity contribution is 5.02. The molecule has 0 radical (unpaired) electrons. The van der Waals surface area contributed by atoms with Crippen molar-refractivity contribution < 1.29 is 4.84 Å². The number of hydroxylamine groups is 2. The van der Waals surface area contributed by atoms with Gasteiger partial charge in [-0.05, 0) is 6.07 Å². The summed E-state index contributed by atoms with van der Waals surface area (Å²) in [4.78, 5) is 13.2. The van der Waals surface area contributed by atoms with Gasteiger partial charge in [0.15, 0.2) is 5.82 Å². The maximum Gasteiger partial charge on any atom is 0.155 e. The zero-order valence-corrected chi connectivity index (χ0v) is 6.92. The number of hydrogen-bond acceptors (Lipinski definition) is 5. The molecule has 1 aliphatic heterocycles. The van der Waals surface area contributed by atoms with Gasteiger partial charge in [0.1, 0.15) is 12.6 Å². The van der Waals surface area contributed by atoms with Crippen LogP contribution in [0.2, 0.25) is 0 Å². The van der Waals surface area contributed by atoms with E-state index in [0.29, 0.717) is 19.0 Å². The van der Waals surface area contributed by atoms with Gasteiger partial charge in [-0.2, -0.15) is 10.3 Å². The van der Waals surface area contributed by atoms with E-state index in [1.54, 1.807) is 23.5 Å². The highest BCUT2D eigenvalue weighted by atomic mass is 16.7. The molecule has 0 aliphatic carbocycles. The minimum absolute atomic E-state index is 0.0799. The number of nitriles is 1. The first-order chi connectivity index (χ1) is 6.40. The van der Waals surface area contributed by atoms with E-state index in [4.69, 9.17) is 10.1 Å². The van der Waals surface area contributed by atoms with Crippen LogP contribution in [0.4, 0.5) is 0 Å². The molecule has 1 aromatic heterocycles. The summed E-state index contributed by atoms with van der Waals surface area (Å²) in [5.41, 5.74) is 0. The Labute approximate surface area is 75.5 Å². The first-order valence-electron chi connectivity index (χ1n) is 3.95. The Morgan fingerprint density at radius 2 is 2.38 bits per heavy atom. The minimum atomic E-state index is -0.0799. The molecule has 2 heterocycles. The lowest BCUT2D eigenvalue weighted by Crippen LogP contribution is -2.05. The molecule has 0 aromatic carbocycles. The Morgan fingerprint density at radius 3 is 3.00 bits per heavy atom. The van der Waals surface area contributed by atoms with Crippen molar-refractivity contribution in [1.29, 1.82) is 5.26 Å². The molecule has 0 spiro atoms. The van der Waals surface area contributed by atoms with E-state index in [-0.39, 0.29) is 6.04 Å².